The summed E-state index contributed by atoms with van der Waals surface area (Å²) < 4.78 is 5.63. The van der Waals surface area contributed by atoms with E-state index in [4.69, 9.17) is 16.3 Å². The van der Waals surface area contributed by atoms with Gasteiger partial charge in [0.05, 0.1) is 17.1 Å². The van der Waals surface area contributed by atoms with E-state index in [9.17, 15) is 9.59 Å². The number of hydrogen-bond donors (Lipinski definition) is 2. The second-order valence-corrected chi connectivity index (χ2v) is 6.64. The molecule has 0 aromatic heterocycles. The number of amides is 2. The number of halogens is 1. The van der Waals surface area contributed by atoms with Crippen LogP contribution in [0, 0.1) is 0 Å². The van der Waals surface area contributed by atoms with Gasteiger partial charge in [-0.1, -0.05) is 35.9 Å². The molecule has 2 aromatic carbocycles. The second kappa shape index (κ2) is 10.5. The third kappa shape index (κ3) is 7.29. The molecule has 0 unspecified atom stereocenters. The highest BCUT2D eigenvalue weighted by Gasteiger charge is 2.10. The maximum atomic E-state index is 12.0. The van der Waals surface area contributed by atoms with Gasteiger partial charge in [-0.25, -0.2) is 0 Å². The summed E-state index contributed by atoms with van der Waals surface area (Å²) in [4.78, 5) is 26.0. The molecule has 0 aliphatic rings. The number of rotatable bonds is 9. The van der Waals surface area contributed by atoms with Gasteiger partial charge in [0.2, 0.25) is 5.91 Å². The molecule has 0 bridgehead atoms. The van der Waals surface area contributed by atoms with Crippen LogP contribution >= 0.6 is 11.6 Å². The number of nitrogens with zero attached hydrogens (tertiary/aromatic N) is 1. The highest BCUT2D eigenvalue weighted by atomic mass is 35.5. The molecular weight excluding hydrogens is 366 g/mol. The summed E-state index contributed by atoms with van der Waals surface area (Å²) in [6.07, 6.45) is 0. The fourth-order valence-corrected chi connectivity index (χ4v) is 2.44. The van der Waals surface area contributed by atoms with E-state index in [2.05, 4.69) is 15.5 Å². The van der Waals surface area contributed by atoms with E-state index in [-0.39, 0.29) is 18.4 Å². The van der Waals surface area contributed by atoms with Crippen molar-refractivity contribution in [1.82, 2.24) is 15.5 Å². The van der Waals surface area contributed by atoms with E-state index < -0.39 is 0 Å². The van der Waals surface area contributed by atoms with Crippen molar-refractivity contribution in [2.75, 3.05) is 33.8 Å². The van der Waals surface area contributed by atoms with Crippen LogP contribution in [0.15, 0.2) is 48.5 Å². The lowest BCUT2D eigenvalue weighted by Crippen LogP contribution is -2.36. The van der Waals surface area contributed by atoms with Crippen molar-refractivity contribution in [1.29, 1.82) is 0 Å². The van der Waals surface area contributed by atoms with E-state index in [1.165, 1.54) is 0 Å². The van der Waals surface area contributed by atoms with Crippen molar-refractivity contribution in [3.05, 3.63) is 64.7 Å². The van der Waals surface area contributed by atoms with E-state index in [0.29, 0.717) is 23.7 Å². The van der Waals surface area contributed by atoms with Crippen LogP contribution in [0.5, 0.6) is 5.75 Å². The highest BCUT2D eigenvalue weighted by molar-refractivity contribution is 6.33. The average Bonchev–Trinajstić information content (AvgIpc) is 2.65. The molecule has 7 heteroatoms. The molecule has 2 rings (SSSR count). The van der Waals surface area contributed by atoms with Crippen LogP contribution in [0.25, 0.3) is 0 Å². The molecule has 0 aliphatic carbocycles. The molecule has 0 spiro atoms. The minimum atomic E-state index is -0.380. The molecule has 0 fully saturated rings. The molecule has 2 N–H and O–H groups in total. The van der Waals surface area contributed by atoms with Crippen molar-refractivity contribution >= 4 is 23.4 Å². The monoisotopic (exact) mass is 389 g/mol. The number of carbonyl (C=O) groups is 2. The predicted octanol–water partition coefficient (Wildman–Crippen LogP) is 2.33. The summed E-state index contributed by atoms with van der Waals surface area (Å²) in [6.45, 7) is 1.72. The number of carbonyl (C=O) groups excluding carboxylic acids is 2. The lowest BCUT2D eigenvalue weighted by atomic mass is 10.2. The van der Waals surface area contributed by atoms with Crippen molar-refractivity contribution in [3.63, 3.8) is 0 Å². The minimum Gasteiger partial charge on any atom is -0.492 e. The lowest BCUT2D eigenvalue weighted by molar-refractivity contribution is -0.120. The Morgan fingerprint density at radius 2 is 1.74 bits per heavy atom. The zero-order valence-electron chi connectivity index (χ0n) is 15.5. The van der Waals surface area contributed by atoms with Gasteiger partial charge in [0.1, 0.15) is 12.4 Å². The van der Waals surface area contributed by atoms with Gasteiger partial charge in [-0.15, -0.1) is 0 Å². The first-order chi connectivity index (χ1) is 13.0. The molecule has 6 nitrogen and oxygen atoms in total. The highest BCUT2D eigenvalue weighted by Crippen LogP contribution is 2.14. The van der Waals surface area contributed by atoms with Crippen molar-refractivity contribution in [3.8, 4) is 5.75 Å². The third-order valence-corrected chi connectivity index (χ3v) is 4.08. The largest absolute Gasteiger partial charge is 0.492 e. The Labute approximate surface area is 164 Å². The van der Waals surface area contributed by atoms with Crippen LogP contribution in [0.1, 0.15) is 15.9 Å². The quantitative estimate of drug-likeness (QED) is 0.690. The fourth-order valence-electron chi connectivity index (χ4n) is 2.21. The first kappa shape index (κ1) is 20.7. The van der Waals surface area contributed by atoms with E-state index >= 15 is 0 Å². The van der Waals surface area contributed by atoms with E-state index in [1.54, 1.807) is 24.3 Å². The fraction of sp³-hybridized carbons (Fsp3) is 0.300. The number of benzene rings is 2. The van der Waals surface area contributed by atoms with Gasteiger partial charge < -0.3 is 20.3 Å². The van der Waals surface area contributed by atoms with Crippen LogP contribution in [0.4, 0.5) is 0 Å². The Bertz CT molecular complexity index is 763. The second-order valence-electron chi connectivity index (χ2n) is 6.23. The van der Waals surface area contributed by atoms with Crippen LogP contribution in [-0.2, 0) is 11.3 Å². The van der Waals surface area contributed by atoms with Crippen LogP contribution < -0.4 is 15.4 Å². The molecule has 2 amide bonds. The first-order valence-corrected chi connectivity index (χ1v) is 8.99. The van der Waals surface area contributed by atoms with Gasteiger partial charge in [-0.05, 0) is 43.9 Å². The number of ether oxygens (including phenoxy) is 1. The molecule has 2 aromatic rings. The standard InChI is InChI=1S/C20H24ClN3O3/c1-24(2)11-12-27-16-9-7-15(8-10-16)13-22-19(25)14-23-20(26)17-5-3-4-6-18(17)21/h3-10H,11-14H2,1-2H3,(H,22,25)(H,23,26). The van der Waals surface area contributed by atoms with Gasteiger partial charge in [0.25, 0.3) is 5.91 Å². The Hall–Kier alpha value is -2.57. The smallest absolute Gasteiger partial charge is 0.253 e. The summed E-state index contributed by atoms with van der Waals surface area (Å²) in [7, 11) is 3.98. The maximum absolute atomic E-state index is 12.0. The maximum Gasteiger partial charge on any atom is 0.253 e. The molecule has 0 atom stereocenters. The molecule has 0 radical (unpaired) electrons. The zero-order valence-corrected chi connectivity index (χ0v) is 16.3. The molecule has 144 valence electrons. The van der Waals surface area contributed by atoms with Gasteiger partial charge in [-0.3, -0.25) is 9.59 Å². The SMILES string of the molecule is CN(C)CCOc1ccc(CNC(=O)CNC(=O)c2ccccc2Cl)cc1. The molecular formula is C20H24ClN3O3. The Balaban J connectivity index is 1.72. The van der Waals surface area contributed by atoms with Crippen LogP contribution in [0.2, 0.25) is 5.02 Å². The normalized spacial score (nSPS) is 10.5. The minimum absolute atomic E-state index is 0.115. The van der Waals surface area contributed by atoms with Gasteiger partial charge in [0, 0.05) is 13.1 Å². The van der Waals surface area contributed by atoms with Gasteiger partial charge in [0.15, 0.2) is 0 Å². The number of likely N-dealkylation sites (N-methyl/N-ethyl adjacent to an activating group) is 1. The first-order valence-electron chi connectivity index (χ1n) is 8.61. The number of hydrogen-bond acceptors (Lipinski definition) is 4. The number of nitrogens with one attached hydrogen (secondary N) is 2. The summed E-state index contributed by atoms with van der Waals surface area (Å²) in [5, 5.41) is 5.67. The summed E-state index contributed by atoms with van der Waals surface area (Å²) in [6, 6.07) is 14.2. The molecule has 0 saturated heterocycles. The van der Waals surface area contributed by atoms with E-state index in [0.717, 1.165) is 17.9 Å². The molecule has 0 heterocycles. The van der Waals surface area contributed by atoms with E-state index in [1.807, 2.05) is 38.4 Å². The Kier molecular flexibility index (Phi) is 8.10. The summed E-state index contributed by atoms with van der Waals surface area (Å²) in [5.74, 6) is 0.135. The lowest BCUT2D eigenvalue weighted by Gasteiger charge is -2.11. The Morgan fingerprint density at radius 3 is 2.41 bits per heavy atom. The Morgan fingerprint density at radius 1 is 1.04 bits per heavy atom. The topological polar surface area (TPSA) is 70.7 Å². The molecule has 27 heavy (non-hydrogen) atoms. The van der Waals surface area contributed by atoms with Crippen molar-refractivity contribution < 1.29 is 14.3 Å². The van der Waals surface area contributed by atoms with Crippen LogP contribution in [0.3, 0.4) is 0 Å². The van der Waals surface area contributed by atoms with Crippen molar-refractivity contribution in [2.45, 2.75) is 6.54 Å². The van der Waals surface area contributed by atoms with Crippen LogP contribution in [-0.4, -0.2) is 50.5 Å². The third-order valence-electron chi connectivity index (χ3n) is 3.75. The average molecular weight is 390 g/mol. The molecule has 0 saturated carbocycles. The van der Waals surface area contributed by atoms with Gasteiger partial charge >= 0.3 is 0 Å². The van der Waals surface area contributed by atoms with Gasteiger partial charge in [-0.2, -0.15) is 0 Å². The van der Waals surface area contributed by atoms with Crippen molar-refractivity contribution in [2.24, 2.45) is 0 Å². The molecule has 0 aliphatic heterocycles. The summed E-state index contributed by atoms with van der Waals surface area (Å²) >= 11 is 5.96. The summed E-state index contributed by atoms with van der Waals surface area (Å²) in [5.41, 5.74) is 1.29. The zero-order chi connectivity index (χ0) is 19.6. The predicted molar refractivity (Wildman–Crippen MR) is 106 cm³/mol.